The van der Waals surface area contributed by atoms with Crippen LogP contribution in [-0.2, 0) is 4.74 Å². The molecule has 0 aliphatic heterocycles. The fourth-order valence-corrected chi connectivity index (χ4v) is 0.118. The maximum Gasteiger partial charge on any atom is 1.00 e. The van der Waals surface area contributed by atoms with Crippen molar-refractivity contribution in [3.05, 3.63) is 0 Å². The zero-order valence-corrected chi connectivity index (χ0v) is 6.43. The van der Waals surface area contributed by atoms with E-state index < -0.39 is 6.16 Å². The van der Waals surface area contributed by atoms with Crippen LogP contribution in [0.2, 0.25) is 0 Å². The normalized spacial score (nSPS) is 6.43. The molecule has 0 atom stereocenters. The van der Waals surface area contributed by atoms with E-state index in [-0.39, 0.29) is 36.2 Å². The molecule has 0 spiro atoms. The van der Waals surface area contributed by atoms with Crippen molar-refractivity contribution in [2.24, 2.45) is 0 Å². The van der Waals surface area contributed by atoms with E-state index in [1.165, 1.54) is 0 Å². The van der Waals surface area contributed by atoms with Gasteiger partial charge in [0.1, 0.15) is 0 Å². The van der Waals surface area contributed by atoms with Crippen LogP contribution in [0.1, 0.15) is 6.92 Å². The predicted molar refractivity (Wildman–Crippen MR) is 17.0 cm³/mol. The van der Waals surface area contributed by atoms with Crippen molar-refractivity contribution in [2.45, 2.75) is 6.92 Å². The van der Waals surface area contributed by atoms with Crippen molar-refractivity contribution < 1.29 is 44.2 Å². The molecule has 4 heteroatoms. The van der Waals surface area contributed by atoms with E-state index in [0.29, 0.717) is 0 Å². The molecule has 0 unspecified atom stereocenters. The Bertz CT molecular complexity index is 54.1. The molecule has 0 aromatic carbocycles. The quantitative estimate of drug-likeness (QED) is 0.260. The summed E-state index contributed by atoms with van der Waals surface area (Å²) in [6, 6.07) is 0. The standard InChI is InChI=1S/C3H6O3.Na/c1-2-6-3(4)5;/h2H2,1H3,(H,4,5);/q;+1/p-1. The van der Waals surface area contributed by atoms with E-state index in [9.17, 15) is 9.90 Å². The van der Waals surface area contributed by atoms with Gasteiger partial charge in [0.15, 0.2) is 0 Å². The Morgan fingerprint density at radius 2 is 2.29 bits per heavy atom. The third-order valence-electron chi connectivity index (χ3n) is 0.262. The smallest absolute Gasteiger partial charge is 0.550 e. The van der Waals surface area contributed by atoms with Gasteiger partial charge in [-0.05, 0) is 6.92 Å². The molecular formula is C3H5NaO3. The largest absolute Gasteiger partial charge is 1.00 e. The maximum absolute atomic E-state index is 9.27. The summed E-state index contributed by atoms with van der Waals surface area (Å²) < 4.78 is 3.85. The van der Waals surface area contributed by atoms with Gasteiger partial charge >= 0.3 is 29.6 Å². The molecule has 0 saturated carbocycles. The average Bonchev–Trinajstić information content (AvgIpc) is 1.35. The van der Waals surface area contributed by atoms with Crippen molar-refractivity contribution in [3.8, 4) is 0 Å². The van der Waals surface area contributed by atoms with Gasteiger partial charge in [0, 0.05) is 6.61 Å². The SMILES string of the molecule is CCOC(=O)[O-].[Na+]. The minimum Gasteiger partial charge on any atom is -0.550 e. The summed E-state index contributed by atoms with van der Waals surface area (Å²) in [6.45, 7) is 1.75. The van der Waals surface area contributed by atoms with E-state index in [2.05, 4.69) is 4.74 Å². The second-order valence-corrected chi connectivity index (χ2v) is 0.683. The van der Waals surface area contributed by atoms with Gasteiger partial charge in [0.05, 0.1) is 0 Å². The summed E-state index contributed by atoms with van der Waals surface area (Å²) in [5.41, 5.74) is 0. The van der Waals surface area contributed by atoms with Crippen LogP contribution in [0, 0.1) is 0 Å². The van der Waals surface area contributed by atoms with Crippen molar-refractivity contribution in [2.75, 3.05) is 6.61 Å². The van der Waals surface area contributed by atoms with Crippen LogP contribution >= 0.6 is 0 Å². The van der Waals surface area contributed by atoms with Crippen molar-refractivity contribution in [3.63, 3.8) is 0 Å². The number of carbonyl (C=O) groups is 1. The average molecular weight is 112 g/mol. The maximum atomic E-state index is 9.27. The molecule has 36 valence electrons. The van der Waals surface area contributed by atoms with Crippen LogP contribution in [0.5, 0.6) is 0 Å². The molecule has 0 rings (SSSR count). The van der Waals surface area contributed by atoms with Crippen LogP contribution in [0.25, 0.3) is 0 Å². The summed E-state index contributed by atoms with van der Waals surface area (Å²) in [6.07, 6.45) is -1.46. The van der Waals surface area contributed by atoms with Gasteiger partial charge in [0.2, 0.25) is 0 Å². The number of carbonyl (C=O) groups excluding carboxylic acids is 1. The second-order valence-electron chi connectivity index (χ2n) is 0.683. The van der Waals surface area contributed by atoms with E-state index in [1.54, 1.807) is 6.92 Å². The van der Waals surface area contributed by atoms with E-state index in [4.69, 9.17) is 0 Å². The Morgan fingerprint density at radius 1 is 1.86 bits per heavy atom. The van der Waals surface area contributed by atoms with Crippen molar-refractivity contribution >= 4 is 6.16 Å². The monoisotopic (exact) mass is 112 g/mol. The Labute approximate surface area is 64.0 Å². The fourth-order valence-electron chi connectivity index (χ4n) is 0.118. The molecular weight excluding hydrogens is 107 g/mol. The zero-order chi connectivity index (χ0) is 4.99. The Balaban J connectivity index is 0. The summed E-state index contributed by atoms with van der Waals surface area (Å²) >= 11 is 0. The Hall–Kier alpha value is 0.270. The van der Waals surface area contributed by atoms with E-state index in [1.807, 2.05) is 0 Å². The molecule has 0 aliphatic rings. The second kappa shape index (κ2) is 6.27. The molecule has 0 heterocycles. The molecule has 0 radical (unpaired) electrons. The number of hydrogen-bond donors (Lipinski definition) is 0. The van der Waals surface area contributed by atoms with Gasteiger partial charge in [-0.15, -0.1) is 0 Å². The van der Waals surface area contributed by atoms with E-state index in [0.717, 1.165) is 0 Å². The molecule has 3 nitrogen and oxygen atoms in total. The molecule has 0 aromatic rings. The molecule has 0 N–H and O–H groups in total. The third-order valence-corrected chi connectivity index (χ3v) is 0.262. The molecule has 7 heavy (non-hydrogen) atoms. The predicted octanol–water partition coefficient (Wildman–Crippen LogP) is -3.63. The molecule has 0 fully saturated rings. The summed E-state index contributed by atoms with van der Waals surface area (Å²) in [5, 5.41) is 9.27. The van der Waals surface area contributed by atoms with Gasteiger partial charge in [-0.25, -0.2) is 0 Å². The van der Waals surface area contributed by atoms with Crippen LogP contribution < -0.4 is 34.7 Å². The third kappa shape index (κ3) is 10.7. The molecule has 0 bridgehead atoms. The first-order valence-corrected chi connectivity index (χ1v) is 1.61. The fraction of sp³-hybridized carbons (Fsp3) is 0.667. The number of rotatable bonds is 1. The van der Waals surface area contributed by atoms with Crippen molar-refractivity contribution in [1.29, 1.82) is 0 Å². The molecule has 0 saturated heterocycles. The van der Waals surface area contributed by atoms with Crippen molar-refractivity contribution in [1.82, 2.24) is 0 Å². The Morgan fingerprint density at radius 3 is 2.29 bits per heavy atom. The minimum atomic E-state index is -1.46. The first kappa shape index (κ1) is 10.3. The molecule has 0 aliphatic carbocycles. The zero-order valence-electron chi connectivity index (χ0n) is 4.43. The number of ether oxygens (including phenoxy) is 1. The van der Waals surface area contributed by atoms with Gasteiger partial charge < -0.3 is 14.6 Å². The minimum absolute atomic E-state index is 0. The molecule has 0 amide bonds. The van der Waals surface area contributed by atoms with E-state index >= 15 is 0 Å². The summed E-state index contributed by atoms with van der Waals surface area (Å²) in [4.78, 5) is 9.27. The van der Waals surface area contributed by atoms with Crippen LogP contribution in [0.3, 0.4) is 0 Å². The number of carboxylic acid groups (broad SMARTS) is 1. The first-order valence-electron chi connectivity index (χ1n) is 1.61. The summed E-state index contributed by atoms with van der Waals surface area (Å²) in [5.74, 6) is 0. The topological polar surface area (TPSA) is 49.4 Å². The van der Waals surface area contributed by atoms with Gasteiger partial charge in [-0.3, -0.25) is 0 Å². The summed E-state index contributed by atoms with van der Waals surface area (Å²) in [7, 11) is 0. The van der Waals surface area contributed by atoms with Gasteiger partial charge in [0.25, 0.3) is 6.16 Å². The van der Waals surface area contributed by atoms with Crippen LogP contribution in [0.4, 0.5) is 4.79 Å². The molecule has 0 aromatic heterocycles. The number of hydrogen-bond acceptors (Lipinski definition) is 3. The first-order chi connectivity index (χ1) is 2.77. The Kier molecular flexibility index (Phi) is 9.22. The van der Waals surface area contributed by atoms with Gasteiger partial charge in [-0.2, -0.15) is 0 Å². The van der Waals surface area contributed by atoms with Crippen LogP contribution in [-0.4, -0.2) is 12.8 Å². The van der Waals surface area contributed by atoms with Crippen LogP contribution in [0.15, 0.2) is 0 Å². The van der Waals surface area contributed by atoms with Gasteiger partial charge in [-0.1, -0.05) is 0 Å².